The summed E-state index contributed by atoms with van der Waals surface area (Å²) in [5.41, 5.74) is 1.37. The van der Waals surface area contributed by atoms with Gasteiger partial charge in [0.1, 0.15) is 12.3 Å². The summed E-state index contributed by atoms with van der Waals surface area (Å²) in [7, 11) is 0. The van der Waals surface area contributed by atoms with Crippen molar-refractivity contribution in [2.45, 2.75) is 51.3 Å². The third kappa shape index (κ3) is 4.81. The topological polar surface area (TPSA) is 106 Å². The summed E-state index contributed by atoms with van der Waals surface area (Å²) in [6.45, 7) is 0.308. The Kier molecular flexibility index (Phi) is 5.83. The molecule has 0 aliphatic heterocycles. The molecule has 3 rings (SSSR count). The maximum absolute atomic E-state index is 11.8. The first-order chi connectivity index (χ1) is 12.6. The molecule has 0 saturated heterocycles. The zero-order valence-electron chi connectivity index (χ0n) is 14.4. The number of aromatic carboxylic acids is 1. The summed E-state index contributed by atoms with van der Waals surface area (Å²) in [4.78, 5) is 23.1. The van der Waals surface area contributed by atoms with Crippen LogP contribution in [0.3, 0.4) is 0 Å². The van der Waals surface area contributed by atoms with Crippen molar-refractivity contribution in [2.24, 2.45) is 0 Å². The number of nitrogens with one attached hydrogen (secondary N) is 1. The van der Waals surface area contributed by atoms with Crippen molar-refractivity contribution in [3.8, 4) is 0 Å². The van der Waals surface area contributed by atoms with E-state index in [9.17, 15) is 14.7 Å². The number of carboxylic acids is 1. The van der Waals surface area contributed by atoms with Crippen molar-refractivity contribution in [3.63, 3.8) is 0 Å². The number of nitrogens with zero attached hydrogens (tertiary/aromatic N) is 3. The summed E-state index contributed by atoms with van der Waals surface area (Å²) < 4.78 is 6.72. The first kappa shape index (κ1) is 17.9. The molecule has 1 fully saturated rings. The molecule has 2 N–H and O–H groups in total. The van der Waals surface area contributed by atoms with E-state index in [1.165, 1.54) is 11.1 Å². The molecular formula is C18H22N4O4. The highest BCUT2D eigenvalue weighted by molar-refractivity contribution is 5.89. The lowest BCUT2D eigenvalue weighted by molar-refractivity contribution is 0.0695. The summed E-state index contributed by atoms with van der Waals surface area (Å²) in [6.07, 6.45) is 6.69. The number of benzene rings is 1. The van der Waals surface area contributed by atoms with Gasteiger partial charge in [-0.05, 0) is 24.5 Å². The molecule has 0 spiro atoms. The number of rotatable bonds is 6. The van der Waals surface area contributed by atoms with Crippen LogP contribution < -0.4 is 5.32 Å². The van der Waals surface area contributed by atoms with Gasteiger partial charge in [0.05, 0.1) is 18.3 Å². The SMILES string of the molecule is O=C(NC1CCCCC1)OCc1cn(Cc2ccccc2C(=O)O)nn1. The second kappa shape index (κ2) is 8.46. The van der Waals surface area contributed by atoms with Gasteiger partial charge in [-0.15, -0.1) is 5.10 Å². The Labute approximate surface area is 151 Å². The highest BCUT2D eigenvalue weighted by Crippen LogP contribution is 2.17. The van der Waals surface area contributed by atoms with Gasteiger partial charge in [0.25, 0.3) is 0 Å². The summed E-state index contributed by atoms with van der Waals surface area (Å²) in [5, 5.41) is 20.0. The lowest BCUT2D eigenvalue weighted by atomic mass is 9.96. The fraction of sp³-hybridized carbons (Fsp3) is 0.444. The lowest BCUT2D eigenvalue weighted by Gasteiger charge is -2.22. The van der Waals surface area contributed by atoms with Crippen LogP contribution in [-0.4, -0.2) is 38.2 Å². The molecule has 0 bridgehead atoms. The second-order valence-electron chi connectivity index (χ2n) is 6.43. The summed E-state index contributed by atoms with van der Waals surface area (Å²) in [6, 6.07) is 6.93. The molecule has 1 amide bonds. The zero-order chi connectivity index (χ0) is 18.4. The monoisotopic (exact) mass is 358 g/mol. The molecule has 1 heterocycles. The van der Waals surface area contributed by atoms with Crippen molar-refractivity contribution < 1.29 is 19.4 Å². The smallest absolute Gasteiger partial charge is 0.407 e. The molecule has 1 aliphatic carbocycles. The Bertz CT molecular complexity index is 768. The number of amides is 1. The fourth-order valence-corrected chi connectivity index (χ4v) is 3.12. The van der Waals surface area contributed by atoms with E-state index >= 15 is 0 Å². The third-order valence-electron chi connectivity index (χ3n) is 4.44. The molecule has 0 unspecified atom stereocenters. The number of ether oxygens (including phenoxy) is 1. The van der Waals surface area contributed by atoms with Crippen LogP contribution in [0.25, 0.3) is 0 Å². The quantitative estimate of drug-likeness (QED) is 0.822. The molecule has 0 atom stereocenters. The van der Waals surface area contributed by atoms with Crippen LogP contribution in [0.2, 0.25) is 0 Å². The highest BCUT2D eigenvalue weighted by Gasteiger charge is 2.17. The van der Waals surface area contributed by atoms with E-state index in [2.05, 4.69) is 15.6 Å². The highest BCUT2D eigenvalue weighted by atomic mass is 16.5. The Hall–Kier alpha value is -2.90. The van der Waals surface area contributed by atoms with E-state index in [1.54, 1.807) is 30.5 Å². The standard InChI is InChI=1S/C18H22N4O4/c23-17(24)16-9-5-4-6-13(16)10-22-11-15(20-21-22)12-26-18(25)19-14-7-2-1-3-8-14/h4-6,9,11,14H,1-3,7-8,10,12H2,(H,19,25)(H,23,24). The fourth-order valence-electron chi connectivity index (χ4n) is 3.12. The predicted molar refractivity (Wildman–Crippen MR) is 92.7 cm³/mol. The van der Waals surface area contributed by atoms with Gasteiger partial charge < -0.3 is 15.2 Å². The maximum Gasteiger partial charge on any atom is 0.407 e. The number of alkyl carbamates (subject to hydrolysis) is 1. The Morgan fingerprint density at radius 1 is 1.23 bits per heavy atom. The average molecular weight is 358 g/mol. The van der Waals surface area contributed by atoms with Crippen molar-refractivity contribution in [1.29, 1.82) is 0 Å². The van der Waals surface area contributed by atoms with E-state index in [1.807, 2.05) is 0 Å². The van der Waals surface area contributed by atoms with E-state index in [4.69, 9.17) is 4.74 Å². The summed E-state index contributed by atoms with van der Waals surface area (Å²) >= 11 is 0. The number of aromatic nitrogens is 3. The summed E-state index contributed by atoms with van der Waals surface area (Å²) in [5.74, 6) is -0.983. The van der Waals surface area contributed by atoms with E-state index in [-0.39, 0.29) is 24.8 Å². The average Bonchev–Trinajstić information content (AvgIpc) is 3.08. The molecule has 8 heteroatoms. The predicted octanol–water partition coefficient (Wildman–Crippen LogP) is 2.58. The second-order valence-corrected chi connectivity index (χ2v) is 6.43. The lowest BCUT2D eigenvalue weighted by Crippen LogP contribution is -2.36. The molecule has 1 aromatic heterocycles. The Balaban J connectivity index is 1.52. The van der Waals surface area contributed by atoms with Crippen molar-refractivity contribution in [2.75, 3.05) is 0 Å². The van der Waals surface area contributed by atoms with Gasteiger partial charge in [-0.3, -0.25) is 0 Å². The van der Waals surface area contributed by atoms with Crippen molar-refractivity contribution in [3.05, 3.63) is 47.3 Å². The van der Waals surface area contributed by atoms with Gasteiger partial charge >= 0.3 is 12.1 Å². The van der Waals surface area contributed by atoms with Crippen LogP contribution >= 0.6 is 0 Å². The zero-order valence-corrected chi connectivity index (χ0v) is 14.4. The van der Waals surface area contributed by atoms with Crippen LogP contribution in [0.4, 0.5) is 4.79 Å². The molecule has 26 heavy (non-hydrogen) atoms. The molecule has 138 valence electrons. The molecular weight excluding hydrogens is 336 g/mol. The van der Waals surface area contributed by atoms with Gasteiger partial charge in [-0.25, -0.2) is 14.3 Å². The van der Waals surface area contributed by atoms with Gasteiger partial charge in [-0.2, -0.15) is 0 Å². The van der Waals surface area contributed by atoms with Crippen LogP contribution in [0.5, 0.6) is 0 Å². The van der Waals surface area contributed by atoms with Gasteiger partial charge in [0.15, 0.2) is 0 Å². The molecule has 8 nitrogen and oxygen atoms in total. The largest absolute Gasteiger partial charge is 0.478 e. The molecule has 1 aliphatic rings. The molecule has 1 aromatic carbocycles. The minimum atomic E-state index is -0.983. The molecule has 0 radical (unpaired) electrons. The van der Waals surface area contributed by atoms with Gasteiger partial charge in [0, 0.05) is 6.04 Å². The van der Waals surface area contributed by atoms with Crippen molar-refractivity contribution >= 4 is 12.1 Å². The normalized spacial score (nSPS) is 14.8. The van der Waals surface area contributed by atoms with Crippen LogP contribution in [0.1, 0.15) is 53.7 Å². The van der Waals surface area contributed by atoms with Crippen molar-refractivity contribution in [1.82, 2.24) is 20.3 Å². The van der Waals surface area contributed by atoms with E-state index in [0.29, 0.717) is 11.3 Å². The molecule has 2 aromatic rings. The van der Waals surface area contributed by atoms with Crippen LogP contribution in [0, 0.1) is 0 Å². The first-order valence-electron chi connectivity index (χ1n) is 8.75. The van der Waals surface area contributed by atoms with Crippen LogP contribution in [-0.2, 0) is 17.9 Å². The van der Waals surface area contributed by atoms with Gasteiger partial charge in [0.2, 0.25) is 0 Å². The van der Waals surface area contributed by atoms with E-state index in [0.717, 1.165) is 25.7 Å². The number of carboxylic acid groups (broad SMARTS) is 1. The Morgan fingerprint density at radius 2 is 2.00 bits per heavy atom. The van der Waals surface area contributed by atoms with Crippen LogP contribution in [0.15, 0.2) is 30.5 Å². The van der Waals surface area contributed by atoms with E-state index < -0.39 is 12.1 Å². The first-order valence-corrected chi connectivity index (χ1v) is 8.75. The number of hydrogen-bond acceptors (Lipinski definition) is 5. The maximum atomic E-state index is 11.8. The molecule has 1 saturated carbocycles. The number of carbonyl (C=O) groups is 2. The Morgan fingerprint density at radius 3 is 2.77 bits per heavy atom. The van der Waals surface area contributed by atoms with Gasteiger partial charge in [-0.1, -0.05) is 42.7 Å². The minimum Gasteiger partial charge on any atom is -0.478 e. The number of hydrogen-bond donors (Lipinski definition) is 2. The third-order valence-corrected chi connectivity index (χ3v) is 4.44. The minimum absolute atomic E-state index is 0.0269. The number of carbonyl (C=O) groups excluding carboxylic acids is 1.